The Labute approximate surface area is 128 Å². The van der Waals surface area contributed by atoms with Gasteiger partial charge in [0, 0.05) is 23.5 Å². The molecule has 0 saturated carbocycles. The lowest BCUT2D eigenvalue weighted by Crippen LogP contribution is -2.33. The van der Waals surface area contributed by atoms with E-state index in [0.29, 0.717) is 17.8 Å². The molecule has 0 saturated heterocycles. The van der Waals surface area contributed by atoms with Gasteiger partial charge in [0.15, 0.2) is 0 Å². The van der Waals surface area contributed by atoms with Crippen LogP contribution < -0.4 is 16.0 Å². The highest BCUT2D eigenvalue weighted by Gasteiger charge is 2.24. The lowest BCUT2D eigenvalue weighted by molar-refractivity contribution is 0.100. The maximum absolute atomic E-state index is 12.5. The van der Waals surface area contributed by atoms with Crippen LogP contribution in [0.25, 0.3) is 0 Å². The van der Waals surface area contributed by atoms with Crippen molar-refractivity contribution in [2.45, 2.75) is 13.3 Å². The molecule has 1 heterocycles. The smallest absolute Gasteiger partial charge is 0.326 e. The summed E-state index contributed by atoms with van der Waals surface area (Å²) >= 11 is 0. The number of amides is 3. The summed E-state index contributed by atoms with van der Waals surface area (Å²) in [5, 5.41) is 2.82. The third-order valence-electron chi connectivity index (χ3n) is 3.78. The van der Waals surface area contributed by atoms with E-state index in [1.54, 1.807) is 29.2 Å². The minimum absolute atomic E-state index is 0.203. The molecule has 3 amide bonds. The Morgan fingerprint density at radius 2 is 2.00 bits per heavy atom. The molecule has 0 aromatic heterocycles. The Morgan fingerprint density at radius 3 is 2.77 bits per heavy atom. The zero-order chi connectivity index (χ0) is 15.7. The molecule has 0 atom stereocenters. The second-order valence-electron chi connectivity index (χ2n) is 5.41. The molecule has 0 unspecified atom stereocenters. The second kappa shape index (κ2) is 5.52. The van der Waals surface area contributed by atoms with Gasteiger partial charge in [-0.15, -0.1) is 0 Å². The molecule has 1 aliphatic heterocycles. The number of benzene rings is 2. The van der Waals surface area contributed by atoms with Crippen LogP contribution in [-0.4, -0.2) is 18.5 Å². The largest absolute Gasteiger partial charge is 0.366 e. The number of fused-ring (bicyclic) bond motifs is 1. The van der Waals surface area contributed by atoms with E-state index in [1.807, 2.05) is 13.0 Å². The number of carbonyl (C=O) groups excluding carboxylic acids is 2. The first-order valence-electron chi connectivity index (χ1n) is 7.12. The van der Waals surface area contributed by atoms with Gasteiger partial charge < -0.3 is 11.1 Å². The summed E-state index contributed by atoms with van der Waals surface area (Å²) in [4.78, 5) is 25.4. The molecular formula is C17H17N3O2. The molecule has 2 aromatic carbocycles. The monoisotopic (exact) mass is 295 g/mol. The fraction of sp³-hybridized carbons (Fsp3) is 0.176. The van der Waals surface area contributed by atoms with Gasteiger partial charge in [-0.3, -0.25) is 9.69 Å². The van der Waals surface area contributed by atoms with Crippen molar-refractivity contribution in [2.24, 2.45) is 5.73 Å². The van der Waals surface area contributed by atoms with Crippen LogP contribution in [0.2, 0.25) is 0 Å². The number of nitrogens with one attached hydrogen (secondary N) is 1. The number of primary amides is 1. The Bertz CT molecular complexity index is 755. The molecule has 22 heavy (non-hydrogen) atoms. The molecule has 0 fully saturated rings. The van der Waals surface area contributed by atoms with Gasteiger partial charge in [-0.05, 0) is 48.7 Å². The van der Waals surface area contributed by atoms with Crippen molar-refractivity contribution in [3.63, 3.8) is 0 Å². The van der Waals surface area contributed by atoms with Gasteiger partial charge in [0.05, 0.1) is 0 Å². The molecule has 3 rings (SSSR count). The molecule has 0 spiro atoms. The number of urea groups is 1. The summed E-state index contributed by atoms with van der Waals surface area (Å²) in [6, 6.07) is 12.5. The summed E-state index contributed by atoms with van der Waals surface area (Å²) < 4.78 is 0. The van der Waals surface area contributed by atoms with E-state index < -0.39 is 5.91 Å². The fourth-order valence-electron chi connectivity index (χ4n) is 2.64. The number of nitrogens with zero attached hydrogens (tertiary/aromatic N) is 1. The van der Waals surface area contributed by atoms with E-state index >= 15 is 0 Å². The van der Waals surface area contributed by atoms with Crippen LogP contribution in [-0.2, 0) is 6.42 Å². The zero-order valence-electron chi connectivity index (χ0n) is 12.3. The first kappa shape index (κ1) is 14.1. The number of nitrogens with two attached hydrogens (primary N) is 1. The quantitative estimate of drug-likeness (QED) is 0.893. The van der Waals surface area contributed by atoms with E-state index in [2.05, 4.69) is 17.4 Å². The SMILES string of the molecule is Cc1ccc2c(c1)N(C(=O)Nc1cccc(C(N)=O)c1)CC2. The van der Waals surface area contributed by atoms with Gasteiger partial charge in [-0.1, -0.05) is 18.2 Å². The van der Waals surface area contributed by atoms with E-state index in [-0.39, 0.29) is 6.03 Å². The number of aryl methyl sites for hydroxylation is 1. The summed E-state index contributed by atoms with van der Waals surface area (Å²) in [7, 11) is 0. The van der Waals surface area contributed by atoms with Crippen LogP contribution in [0, 0.1) is 6.92 Å². The minimum Gasteiger partial charge on any atom is -0.366 e. The van der Waals surface area contributed by atoms with Gasteiger partial charge in [-0.2, -0.15) is 0 Å². The highest BCUT2D eigenvalue weighted by molar-refractivity contribution is 6.04. The summed E-state index contributed by atoms with van der Waals surface area (Å²) in [5.41, 5.74) is 9.42. The standard InChI is InChI=1S/C17H17N3O2/c1-11-5-6-12-7-8-20(15(12)9-11)17(22)19-14-4-2-3-13(10-14)16(18)21/h2-6,9-10H,7-8H2,1H3,(H2,18,21)(H,19,22). The Morgan fingerprint density at radius 1 is 1.18 bits per heavy atom. The second-order valence-corrected chi connectivity index (χ2v) is 5.41. The lowest BCUT2D eigenvalue weighted by atomic mass is 10.1. The number of carbonyl (C=O) groups is 2. The summed E-state index contributed by atoms with van der Waals surface area (Å²) in [5.74, 6) is -0.516. The molecule has 3 N–H and O–H groups in total. The van der Waals surface area contributed by atoms with Crippen LogP contribution in [0.15, 0.2) is 42.5 Å². The molecule has 0 aliphatic carbocycles. The van der Waals surface area contributed by atoms with Gasteiger partial charge in [-0.25, -0.2) is 4.79 Å². The molecule has 5 heteroatoms. The topological polar surface area (TPSA) is 75.4 Å². The molecular weight excluding hydrogens is 278 g/mol. The number of rotatable bonds is 2. The fourth-order valence-corrected chi connectivity index (χ4v) is 2.64. The maximum atomic E-state index is 12.5. The van der Waals surface area contributed by atoms with Crippen molar-refractivity contribution in [1.29, 1.82) is 0 Å². The van der Waals surface area contributed by atoms with Gasteiger partial charge >= 0.3 is 6.03 Å². The highest BCUT2D eigenvalue weighted by atomic mass is 16.2. The molecule has 0 bridgehead atoms. The first-order chi connectivity index (χ1) is 10.5. The average molecular weight is 295 g/mol. The van der Waals surface area contributed by atoms with Gasteiger partial charge in [0.2, 0.25) is 5.91 Å². The molecule has 2 aromatic rings. The van der Waals surface area contributed by atoms with Crippen molar-refractivity contribution in [2.75, 3.05) is 16.8 Å². The summed E-state index contributed by atoms with van der Waals surface area (Å²) in [6.45, 7) is 2.66. The summed E-state index contributed by atoms with van der Waals surface area (Å²) in [6.07, 6.45) is 0.852. The van der Waals surface area contributed by atoms with Gasteiger partial charge in [0.25, 0.3) is 0 Å². The molecule has 1 aliphatic rings. The predicted molar refractivity (Wildman–Crippen MR) is 86.2 cm³/mol. The van der Waals surface area contributed by atoms with E-state index in [0.717, 1.165) is 17.7 Å². The molecule has 0 radical (unpaired) electrons. The minimum atomic E-state index is -0.516. The van der Waals surface area contributed by atoms with Crippen molar-refractivity contribution in [3.05, 3.63) is 59.2 Å². The maximum Gasteiger partial charge on any atom is 0.326 e. The lowest BCUT2D eigenvalue weighted by Gasteiger charge is -2.18. The number of hydrogen-bond acceptors (Lipinski definition) is 2. The van der Waals surface area contributed by atoms with Crippen molar-refractivity contribution in [1.82, 2.24) is 0 Å². The van der Waals surface area contributed by atoms with E-state index in [9.17, 15) is 9.59 Å². The molecule has 112 valence electrons. The van der Waals surface area contributed by atoms with Crippen molar-refractivity contribution in [3.8, 4) is 0 Å². The Kier molecular flexibility index (Phi) is 3.55. The highest BCUT2D eigenvalue weighted by Crippen LogP contribution is 2.29. The normalized spacial score (nSPS) is 12.9. The van der Waals surface area contributed by atoms with E-state index in [1.165, 1.54) is 5.56 Å². The predicted octanol–water partition coefficient (Wildman–Crippen LogP) is 2.69. The number of anilines is 2. The molecule has 5 nitrogen and oxygen atoms in total. The van der Waals surface area contributed by atoms with Crippen LogP contribution in [0.5, 0.6) is 0 Å². The van der Waals surface area contributed by atoms with Crippen molar-refractivity contribution >= 4 is 23.3 Å². The van der Waals surface area contributed by atoms with Crippen LogP contribution in [0.3, 0.4) is 0 Å². The van der Waals surface area contributed by atoms with Crippen molar-refractivity contribution < 1.29 is 9.59 Å². The Balaban J connectivity index is 1.81. The van der Waals surface area contributed by atoms with Crippen LogP contribution in [0.1, 0.15) is 21.5 Å². The zero-order valence-corrected chi connectivity index (χ0v) is 12.3. The third-order valence-corrected chi connectivity index (χ3v) is 3.78. The average Bonchev–Trinajstić information content (AvgIpc) is 2.90. The third kappa shape index (κ3) is 2.65. The number of hydrogen-bond donors (Lipinski definition) is 2. The van der Waals surface area contributed by atoms with Gasteiger partial charge in [0.1, 0.15) is 0 Å². The Hall–Kier alpha value is -2.82. The van der Waals surface area contributed by atoms with Crippen LogP contribution in [0.4, 0.5) is 16.2 Å². The van der Waals surface area contributed by atoms with Crippen LogP contribution >= 0.6 is 0 Å². The van der Waals surface area contributed by atoms with E-state index in [4.69, 9.17) is 5.73 Å². The first-order valence-corrected chi connectivity index (χ1v) is 7.12.